The first-order chi connectivity index (χ1) is 15.1. The molecule has 1 aliphatic heterocycles. The van der Waals surface area contributed by atoms with Crippen LogP contribution in [-0.2, 0) is 21.4 Å². The number of ether oxygens (including phenoxy) is 1. The maximum atomic E-state index is 12.9. The molecule has 1 amide bonds. The van der Waals surface area contributed by atoms with Crippen LogP contribution in [0.25, 0.3) is 0 Å². The zero-order chi connectivity index (χ0) is 23.4. The standard InChI is InChI=1S/C20H25F3N4O4S/c1-2-3-11-27-18(7-10-24-27)25-19(28)15-8-12-26(13-9-15)32(29,30)17-6-4-5-16(14-17)31-20(21,22)23/h4-7,10,14-15H,2-3,8-9,11-13H2,1H3,(H,25,28). The number of sulfonamides is 1. The first-order valence-corrected chi connectivity index (χ1v) is 11.7. The van der Waals surface area contributed by atoms with Crippen LogP contribution in [0.15, 0.2) is 41.4 Å². The second-order valence-corrected chi connectivity index (χ2v) is 9.42. The Hall–Kier alpha value is -2.60. The lowest BCUT2D eigenvalue weighted by Crippen LogP contribution is -2.41. The van der Waals surface area contributed by atoms with Crippen molar-refractivity contribution in [1.29, 1.82) is 0 Å². The van der Waals surface area contributed by atoms with E-state index in [2.05, 4.69) is 22.1 Å². The Labute approximate surface area is 184 Å². The Bertz CT molecular complexity index is 1030. The molecule has 0 radical (unpaired) electrons. The van der Waals surface area contributed by atoms with E-state index >= 15 is 0 Å². The van der Waals surface area contributed by atoms with Crippen molar-refractivity contribution in [3.05, 3.63) is 36.5 Å². The average molecular weight is 475 g/mol. The number of nitrogens with one attached hydrogen (secondary N) is 1. The lowest BCUT2D eigenvalue weighted by molar-refractivity contribution is -0.274. The van der Waals surface area contributed by atoms with Gasteiger partial charge in [0.15, 0.2) is 0 Å². The molecule has 0 spiro atoms. The number of halogens is 3. The van der Waals surface area contributed by atoms with Gasteiger partial charge in [-0.25, -0.2) is 13.1 Å². The highest BCUT2D eigenvalue weighted by atomic mass is 32.2. The highest BCUT2D eigenvalue weighted by Gasteiger charge is 2.34. The minimum Gasteiger partial charge on any atom is -0.406 e. The van der Waals surface area contributed by atoms with Crippen LogP contribution in [0.5, 0.6) is 5.75 Å². The fourth-order valence-corrected chi connectivity index (χ4v) is 5.00. The van der Waals surface area contributed by atoms with Gasteiger partial charge in [-0.2, -0.15) is 9.40 Å². The lowest BCUT2D eigenvalue weighted by atomic mass is 9.97. The van der Waals surface area contributed by atoms with E-state index in [0.717, 1.165) is 25.0 Å². The number of benzene rings is 1. The molecular weight excluding hydrogens is 449 g/mol. The smallest absolute Gasteiger partial charge is 0.406 e. The molecule has 2 aromatic rings. The summed E-state index contributed by atoms with van der Waals surface area (Å²) in [5, 5.41) is 7.05. The number of carbonyl (C=O) groups is 1. The van der Waals surface area contributed by atoms with Crippen molar-refractivity contribution >= 4 is 21.7 Å². The first-order valence-electron chi connectivity index (χ1n) is 10.3. The average Bonchev–Trinajstić information content (AvgIpc) is 3.18. The summed E-state index contributed by atoms with van der Waals surface area (Å²) >= 11 is 0. The van der Waals surface area contributed by atoms with E-state index in [1.165, 1.54) is 16.4 Å². The van der Waals surface area contributed by atoms with E-state index in [4.69, 9.17) is 0 Å². The number of alkyl halides is 3. The number of rotatable bonds is 8. The van der Waals surface area contributed by atoms with E-state index in [1.807, 2.05) is 0 Å². The van der Waals surface area contributed by atoms with Gasteiger partial charge in [-0.3, -0.25) is 4.79 Å². The molecule has 0 atom stereocenters. The molecule has 0 bridgehead atoms. The third-order valence-electron chi connectivity index (χ3n) is 5.19. The zero-order valence-electron chi connectivity index (χ0n) is 17.5. The molecule has 0 unspecified atom stereocenters. The summed E-state index contributed by atoms with van der Waals surface area (Å²) < 4.78 is 69.7. The topological polar surface area (TPSA) is 93.5 Å². The Kier molecular flexibility index (Phi) is 7.44. The second-order valence-electron chi connectivity index (χ2n) is 7.48. The van der Waals surface area contributed by atoms with Gasteiger partial charge in [-0.15, -0.1) is 13.2 Å². The first kappa shape index (κ1) is 24.1. The van der Waals surface area contributed by atoms with Crippen molar-refractivity contribution < 1.29 is 31.1 Å². The highest BCUT2D eigenvalue weighted by Crippen LogP contribution is 2.29. The van der Waals surface area contributed by atoms with E-state index < -0.39 is 22.1 Å². The van der Waals surface area contributed by atoms with Crippen LogP contribution in [0.4, 0.5) is 19.0 Å². The molecule has 1 aromatic carbocycles. The summed E-state index contributed by atoms with van der Waals surface area (Å²) in [7, 11) is -4.02. The molecule has 3 rings (SSSR count). The molecule has 32 heavy (non-hydrogen) atoms. The second kappa shape index (κ2) is 9.90. The summed E-state index contributed by atoms with van der Waals surface area (Å²) in [5.74, 6) is -0.593. The van der Waals surface area contributed by atoms with Crippen LogP contribution < -0.4 is 10.1 Å². The van der Waals surface area contributed by atoms with E-state index in [-0.39, 0.29) is 29.8 Å². The quantitative estimate of drug-likeness (QED) is 0.631. The third kappa shape index (κ3) is 6.00. The minimum atomic E-state index is -4.92. The van der Waals surface area contributed by atoms with Crippen LogP contribution in [0.1, 0.15) is 32.6 Å². The number of anilines is 1. The molecule has 1 fully saturated rings. The molecule has 0 aliphatic carbocycles. The molecule has 1 aromatic heterocycles. The number of amides is 1. The van der Waals surface area contributed by atoms with Crippen molar-refractivity contribution in [1.82, 2.24) is 14.1 Å². The van der Waals surface area contributed by atoms with Gasteiger partial charge in [0, 0.05) is 37.7 Å². The molecule has 8 nitrogen and oxygen atoms in total. The van der Waals surface area contributed by atoms with Crippen LogP contribution in [-0.4, -0.2) is 47.9 Å². The number of carbonyl (C=O) groups excluding carboxylic acids is 1. The lowest BCUT2D eigenvalue weighted by Gasteiger charge is -2.30. The SMILES string of the molecule is CCCCn1nccc1NC(=O)C1CCN(S(=O)(=O)c2cccc(OC(F)(F)F)c2)CC1. The van der Waals surface area contributed by atoms with Crippen molar-refractivity contribution in [2.45, 2.75) is 50.4 Å². The van der Waals surface area contributed by atoms with Gasteiger partial charge < -0.3 is 10.1 Å². The fourth-order valence-electron chi connectivity index (χ4n) is 3.49. The van der Waals surface area contributed by atoms with Crippen molar-refractivity contribution in [2.24, 2.45) is 5.92 Å². The minimum absolute atomic E-state index is 0.0832. The van der Waals surface area contributed by atoms with Gasteiger partial charge in [-0.1, -0.05) is 19.4 Å². The van der Waals surface area contributed by atoms with Gasteiger partial charge in [0.2, 0.25) is 15.9 Å². The summed E-state index contributed by atoms with van der Waals surface area (Å²) in [5.41, 5.74) is 0. The van der Waals surface area contributed by atoms with E-state index in [1.54, 1.807) is 16.9 Å². The maximum absolute atomic E-state index is 12.9. The van der Waals surface area contributed by atoms with Crippen molar-refractivity contribution in [3.63, 3.8) is 0 Å². The Morgan fingerprint density at radius 2 is 1.97 bits per heavy atom. The summed E-state index contributed by atoms with van der Waals surface area (Å²) in [6.07, 6.45) is -0.793. The monoisotopic (exact) mass is 474 g/mol. The van der Waals surface area contributed by atoms with Crippen molar-refractivity contribution in [2.75, 3.05) is 18.4 Å². The number of aromatic nitrogens is 2. The Morgan fingerprint density at radius 3 is 2.62 bits per heavy atom. The molecule has 1 N–H and O–H groups in total. The van der Waals surface area contributed by atoms with Gasteiger partial charge >= 0.3 is 6.36 Å². The number of nitrogens with zero attached hydrogens (tertiary/aromatic N) is 3. The molecule has 1 saturated heterocycles. The van der Waals surface area contributed by atoms with Gasteiger partial charge in [0.25, 0.3) is 0 Å². The van der Waals surface area contributed by atoms with Crippen molar-refractivity contribution in [3.8, 4) is 5.75 Å². The predicted octanol–water partition coefficient (Wildman–Crippen LogP) is 3.62. The molecular formula is C20H25F3N4O4S. The number of piperidine rings is 1. The van der Waals surface area contributed by atoms with Gasteiger partial charge in [0.1, 0.15) is 11.6 Å². The van der Waals surface area contributed by atoms with E-state index in [0.29, 0.717) is 25.2 Å². The van der Waals surface area contributed by atoms with Crippen LogP contribution >= 0.6 is 0 Å². The van der Waals surface area contributed by atoms with Gasteiger partial charge in [0.05, 0.1) is 11.1 Å². The summed E-state index contributed by atoms with van der Waals surface area (Å²) in [4.78, 5) is 12.4. The highest BCUT2D eigenvalue weighted by molar-refractivity contribution is 7.89. The maximum Gasteiger partial charge on any atom is 0.573 e. The van der Waals surface area contributed by atoms with E-state index in [9.17, 15) is 26.4 Å². The molecule has 176 valence electrons. The molecule has 0 saturated carbocycles. The fraction of sp³-hybridized carbons (Fsp3) is 0.500. The Morgan fingerprint density at radius 1 is 1.25 bits per heavy atom. The number of aryl methyl sites for hydroxylation is 1. The number of hydrogen-bond donors (Lipinski definition) is 1. The largest absolute Gasteiger partial charge is 0.573 e. The molecule has 12 heteroatoms. The van der Waals surface area contributed by atoms with Crippen LogP contribution in [0.3, 0.4) is 0 Å². The summed E-state index contributed by atoms with van der Waals surface area (Å²) in [6.45, 7) is 2.91. The van der Waals surface area contributed by atoms with Crippen LogP contribution in [0.2, 0.25) is 0 Å². The number of unbranched alkanes of at least 4 members (excludes halogenated alkanes) is 1. The molecule has 2 heterocycles. The Balaban J connectivity index is 1.61. The zero-order valence-corrected chi connectivity index (χ0v) is 18.3. The van der Waals surface area contributed by atoms with Crippen LogP contribution in [0, 0.1) is 5.92 Å². The summed E-state index contributed by atoms with van der Waals surface area (Å²) in [6, 6.07) is 6.00. The molecule has 1 aliphatic rings. The normalized spacial score (nSPS) is 16.1. The third-order valence-corrected chi connectivity index (χ3v) is 7.09. The van der Waals surface area contributed by atoms with Gasteiger partial charge in [-0.05, 0) is 31.4 Å². The predicted molar refractivity (Wildman–Crippen MR) is 110 cm³/mol. The number of hydrogen-bond acceptors (Lipinski definition) is 5.